The number of pyridine rings is 1. The number of fused-ring (bicyclic) bond motifs is 3. The molecule has 160 valence electrons. The fraction of sp³-hybridized carbons (Fsp3) is 0.250. The second-order valence-electron chi connectivity index (χ2n) is 7.47. The number of rotatable bonds is 7. The molecule has 0 aliphatic heterocycles. The fourth-order valence-electron chi connectivity index (χ4n) is 3.91. The molecule has 4 rings (SSSR count). The van der Waals surface area contributed by atoms with Gasteiger partial charge < -0.3 is 20.3 Å². The Morgan fingerprint density at radius 3 is 2.29 bits per heavy atom. The van der Waals surface area contributed by atoms with E-state index in [1.807, 2.05) is 24.3 Å². The molecule has 3 N–H and O–H groups in total. The van der Waals surface area contributed by atoms with Gasteiger partial charge in [0.25, 0.3) is 0 Å². The second kappa shape index (κ2) is 9.47. The van der Waals surface area contributed by atoms with Gasteiger partial charge in [0.05, 0.1) is 6.10 Å². The summed E-state index contributed by atoms with van der Waals surface area (Å²) >= 11 is 5.73. The number of aliphatic hydroxyl groups excluding tert-OH is 2. The van der Waals surface area contributed by atoms with Crippen LogP contribution in [0.3, 0.4) is 0 Å². The standard InChI is InChI=1S/C24H23ClN2O4/c25-22-10-9-15(13-27-22)23(29)21(28)11-12-26-24(30)31-14-20-18-7-3-1-5-16(18)17-6-2-4-8-19(17)20/h1-10,13,20-21,23,28-29H,11-12,14H2,(H,26,30). The van der Waals surface area contributed by atoms with E-state index in [1.165, 1.54) is 17.3 Å². The van der Waals surface area contributed by atoms with Gasteiger partial charge in [-0.1, -0.05) is 66.2 Å². The number of amides is 1. The Labute approximate surface area is 185 Å². The number of nitrogens with zero attached hydrogens (tertiary/aromatic N) is 1. The van der Waals surface area contributed by atoms with Gasteiger partial charge in [-0.3, -0.25) is 0 Å². The first kappa shape index (κ1) is 21.3. The molecule has 0 bridgehead atoms. The van der Waals surface area contributed by atoms with Crippen molar-refractivity contribution in [3.05, 3.63) is 88.7 Å². The summed E-state index contributed by atoms with van der Waals surface area (Å²) in [6, 6.07) is 19.4. The summed E-state index contributed by atoms with van der Waals surface area (Å²) < 4.78 is 5.46. The number of aromatic nitrogens is 1. The molecule has 31 heavy (non-hydrogen) atoms. The number of hydrogen-bond donors (Lipinski definition) is 3. The van der Waals surface area contributed by atoms with Gasteiger partial charge in [-0.2, -0.15) is 0 Å². The van der Waals surface area contributed by atoms with Gasteiger partial charge in [0, 0.05) is 24.2 Å². The molecule has 1 aliphatic rings. The Hall–Kier alpha value is -2.93. The molecule has 1 amide bonds. The molecule has 7 heteroatoms. The number of halogens is 1. The minimum absolute atomic E-state index is 0.0111. The van der Waals surface area contributed by atoms with Crippen LogP contribution in [0.4, 0.5) is 4.79 Å². The van der Waals surface area contributed by atoms with Crippen LogP contribution in [0.2, 0.25) is 5.15 Å². The Morgan fingerprint density at radius 2 is 1.68 bits per heavy atom. The molecule has 0 saturated heterocycles. The van der Waals surface area contributed by atoms with E-state index in [1.54, 1.807) is 12.1 Å². The van der Waals surface area contributed by atoms with Crippen molar-refractivity contribution in [2.45, 2.75) is 24.5 Å². The van der Waals surface area contributed by atoms with Crippen LogP contribution in [0, 0.1) is 0 Å². The van der Waals surface area contributed by atoms with Gasteiger partial charge in [-0.05, 0) is 34.7 Å². The summed E-state index contributed by atoms with van der Waals surface area (Å²) in [5.41, 5.74) is 5.08. The zero-order valence-electron chi connectivity index (χ0n) is 16.7. The van der Waals surface area contributed by atoms with Crippen molar-refractivity contribution in [2.24, 2.45) is 0 Å². The van der Waals surface area contributed by atoms with Crippen molar-refractivity contribution in [3.63, 3.8) is 0 Å². The van der Waals surface area contributed by atoms with Crippen molar-refractivity contribution in [3.8, 4) is 11.1 Å². The molecule has 2 unspecified atom stereocenters. The summed E-state index contributed by atoms with van der Waals surface area (Å²) in [4.78, 5) is 16.1. The quantitative estimate of drug-likeness (QED) is 0.484. The lowest BCUT2D eigenvalue weighted by molar-refractivity contribution is 0.0135. The van der Waals surface area contributed by atoms with Crippen LogP contribution in [0.25, 0.3) is 11.1 Å². The first-order chi connectivity index (χ1) is 15.0. The number of nitrogens with one attached hydrogen (secondary N) is 1. The maximum atomic E-state index is 12.2. The summed E-state index contributed by atoms with van der Waals surface area (Å²) in [6.07, 6.45) is -1.16. The zero-order valence-corrected chi connectivity index (χ0v) is 17.5. The summed E-state index contributed by atoms with van der Waals surface area (Å²) in [7, 11) is 0. The van der Waals surface area contributed by atoms with Crippen LogP contribution in [0.5, 0.6) is 0 Å². The number of benzene rings is 2. The zero-order chi connectivity index (χ0) is 21.8. The first-order valence-corrected chi connectivity index (χ1v) is 10.5. The number of ether oxygens (including phenoxy) is 1. The van der Waals surface area contributed by atoms with E-state index in [4.69, 9.17) is 16.3 Å². The van der Waals surface area contributed by atoms with Crippen LogP contribution in [-0.4, -0.2) is 40.5 Å². The summed E-state index contributed by atoms with van der Waals surface area (Å²) in [5.74, 6) is -0.0111. The molecule has 1 heterocycles. The number of carbonyl (C=O) groups excluding carboxylic acids is 1. The average molecular weight is 439 g/mol. The van der Waals surface area contributed by atoms with Crippen molar-refractivity contribution in [2.75, 3.05) is 13.2 Å². The minimum Gasteiger partial charge on any atom is -0.449 e. The van der Waals surface area contributed by atoms with E-state index < -0.39 is 18.3 Å². The summed E-state index contributed by atoms with van der Waals surface area (Å²) in [5, 5.41) is 23.3. The van der Waals surface area contributed by atoms with Gasteiger partial charge >= 0.3 is 6.09 Å². The van der Waals surface area contributed by atoms with Gasteiger partial charge in [0.1, 0.15) is 17.9 Å². The van der Waals surface area contributed by atoms with Crippen molar-refractivity contribution >= 4 is 17.7 Å². The van der Waals surface area contributed by atoms with E-state index in [9.17, 15) is 15.0 Å². The van der Waals surface area contributed by atoms with E-state index >= 15 is 0 Å². The monoisotopic (exact) mass is 438 g/mol. The molecule has 1 aliphatic carbocycles. The highest BCUT2D eigenvalue weighted by Crippen LogP contribution is 2.44. The Morgan fingerprint density at radius 1 is 1.03 bits per heavy atom. The van der Waals surface area contributed by atoms with Crippen molar-refractivity contribution in [1.29, 1.82) is 0 Å². The van der Waals surface area contributed by atoms with Crippen LogP contribution in [0.1, 0.15) is 35.1 Å². The van der Waals surface area contributed by atoms with Crippen LogP contribution >= 0.6 is 11.6 Å². The largest absolute Gasteiger partial charge is 0.449 e. The molecule has 0 spiro atoms. The van der Waals surface area contributed by atoms with E-state index in [-0.39, 0.29) is 25.5 Å². The number of aliphatic hydroxyl groups is 2. The molecule has 6 nitrogen and oxygen atoms in total. The van der Waals surface area contributed by atoms with E-state index in [0.29, 0.717) is 10.7 Å². The Bertz CT molecular complexity index is 1010. The number of alkyl carbamates (subject to hydrolysis) is 1. The van der Waals surface area contributed by atoms with Gasteiger partial charge in [0.15, 0.2) is 0 Å². The average Bonchev–Trinajstić information content (AvgIpc) is 3.11. The van der Waals surface area contributed by atoms with Crippen LogP contribution < -0.4 is 5.32 Å². The fourth-order valence-corrected chi connectivity index (χ4v) is 4.03. The predicted molar refractivity (Wildman–Crippen MR) is 118 cm³/mol. The smallest absolute Gasteiger partial charge is 0.407 e. The molecule has 2 atom stereocenters. The molecule has 0 radical (unpaired) electrons. The molecule has 0 saturated carbocycles. The highest BCUT2D eigenvalue weighted by Gasteiger charge is 2.29. The van der Waals surface area contributed by atoms with Gasteiger partial charge in [-0.25, -0.2) is 9.78 Å². The third kappa shape index (κ3) is 4.71. The third-order valence-corrected chi connectivity index (χ3v) is 5.73. The SMILES string of the molecule is O=C(NCCC(O)C(O)c1ccc(Cl)nc1)OCC1c2ccccc2-c2ccccc21. The second-order valence-corrected chi connectivity index (χ2v) is 7.85. The highest BCUT2D eigenvalue weighted by atomic mass is 35.5. The van der Waals surface area contributed by atoms with Crippen molar-refractivity contribution in [1.82, 2.24) is 10.3 Å². The normalized spacial score (nSPS) is 14.4. The molecular formula is C24H23ClN2O4. The molecule has 0 fully saturated rings. The van der Waals surface area contributed by atoms with Crippen LogP contribution in [0.15, 0.2) is 66.9 Å². The topological polar surface area (TPSA) is 91.7 Å². The Kier molecular flexibility index (Phi) is 6.51. The first-order valence-electron chi connectivity index (χ1n) is 10.1. The maximum Gasteiger partial charge on any atom is 0.407 e. The number of hydrogen-bond acceptors (Lipinski definition) is 5. The predicted octanol–water partition coefficient (Wildman–Crippen LogP) is 4.06. The number of carbonyl (C=O) groups is 1. The summed E-state index contributed by atoms with van der Waals surface area (Å²) in [6.45, 7) is 0.386. The lowest BCUT2D eigenvalue weighted by atomic mass is 9.98. The highest BCUT2D eigenvalue weighted by molar-refractivity contribution is 6.29. The minimum atomic E-state index is -1.12. The lowest BCUT2D eigenvalue weighted by Gasteiger charge is -2.18. The van der Waals surface area contributed by atoms with E-state index in [0.717, 1.165) is 11.1 Å². The molecule has 1 aromatic heterocycles. The van der Waals surface area contributed by atoms with Gasteiger partial charge in [-0.15, -0.1) is 0 Å². The van der Waals surface area contributed by atoms with Gasteiger partial charge in [0.2, 0.25) is 0 Å². The molecular weight excluding hydrogens is 416 g/mol. The van der Waals surface area contributed by atoms with Crippen LogP contribution in [-0.2, 0) is 4.74 Å². The maximum absolute atomic E-state index is 12.2. The Balaban J connectivity index is 1.28. The lowest BCUT2D eigenvalue weighted by Crippen LogP contribution is -2.30. The third-order valence-electron chi connectivity index (χ3n) is 5.51. The van der Waals surface area contributed by atoms with E-state index in [2.05, 4.69) is 34.6 Å². The molecule has 2 aromatic carbocycles. The van der Waals surface area contributed by atoms with Crippen molar-refractivity contribution < 1.29 is 19.7 Å². The molecule has 3 aromatic rings.